The molecule has 2 N–H and O–H groups in total. The smallest absolute Gasteiger partial charge is 0.251 e. The van der Waals surface area contributed by atoms with Crippen molar-refractivity contribution in [3.63, 3.8) is 0 Å². The third-order valence-corrected chi connectivity index (χ3v) is 2.83. The van der Waals surface area contributed by atoms with E-state index in [2.05, 4.69) is 17.6 Å². The third kappa shape index (κ3) is 5.75. The highest BCUT2D eigenvalue weighted by molar-refractivity contribution is 5.95. The van der Waals surface area contributed by atoms with Crippen LogP contribution >= 0.6 is 0 Å². The lowest BCUT2D eigenvalue weighted by Crippen LogP contribution is -2.24. The van der Waals surface area contributed by atoms with Gasteiger partial charge in [-0.15, -0.1) is 0 Å². The van der Waals surface area contributed by atoms with E-state index in [0.29, 0.717) is 18.2 Å². The molecule has 1 aromatic carbocycles. The summed E-state index contributed by atoms with van der Waals surface area (Å²) in [6.07, 6.45) is 1.88. The minimum atomic E-state index is -0.0185. The largest absolute Gasteiger partial charge is 0.385 e. The minimum Gasteiger partial charge on any atom is -0.385 e. The highest BCUT2D eigenvalue weighted by Crippen LogP contribution is 2.13. The van der Waals surface area contributed by atoms with Crippen molar-refractivity contribution in [2.75, 3.05) is 25.6 Å². The molecule has 4 nitrogen and oxygen atoms in total. The average Bonchev–Trinajstić information content (AvgIpc) is 2.42. The molecular formula is C15H24N2O2. The fraction of sp³-hybridized carbons (Fsp3) is 0.533. The average molecular weight is 264 g/mol. The molecule has 1 unspecified atom stereocenters. The Kier molecular flexibility index (Phi) is 6.97. The summed E-state index contributed by atoms with van der Waals surface area (Å²) in [5.74, 6) is -0.0185. The number of amides is 1. The Morgan fingerprint density at radius 3 is 2.89 bits per heavy atom. The van der Waals surface area contributed by atoms with Gasteiger partial charge in [-0.25, -0.2) is 0 Å². The molecular weight excluding hydrogens is 240 g/mol. The molecule has 1 atom stereocenters. The topological polar surface area (TPSA) is 50.4 Å². The van der Waals surface area contributed by atoms with Crippen molar-refractivity contribution in [3.05, 3.63) is 29.8 Å². The molecule has 0 bridgehead atoms. The Balaban J connectivity index is 2.58. The zero-order valence-electron chi connectivity index (χ0n) is 12.0. The first-order valence-electron chi connectivity index (χ1n) is 6.81. The van der Waals surface area contributed by atoms with Crippen LogP contribution in [0.5, 0.6) is 0 Å². The van der Waals surface area contributed by atoms with Crippen LogP contribution in [-0.4, -0.2) is 32.2 Å². The number of methoxy groups -OCH3 is 1. The van der Waals surface area contributed by atoms with E-state index in [1.165, 1.54) is 0 Å². The van der Waals surface area contributed by atoms with Gasteiger partial charge in [-0.1, -0.05) is 13.0 Å². The van der Waals surface area contributed by atoms with Crippen LogP contribution in [0.2, 0.25) is 0 Å². The number of anilines is 1. The molecule has 0 radical (unpaired) electrons. The van der Waals surface area contributed by atoms with Gasteiger partial charge in [0.15, 0.2) is 0 Å². The Labute approximate surface area is 115 Å². The Morgan fingerprint density at radius 2 is 2.21 bits per heavy atom. The maximum Gasteiger partial charge on any atom is 0.251 e. The molecule has 0 aromatic heterocycles. The predicted octanol–water partition coefficient (Wildman–Crippen LogP) is 2.66. The number of carbonyl (C=O) groups excluding carboxylic acids is 1. The van der Waals surface area contributed by atoms with E-state index in [9.17, 15) is 4.79 Å². The van der Waals surface area contributed by atoms with Gasteiger partial charge in [0.2, 0.25) is 0 Å². The van der Waals surface area contributed by atoms with Crippen LogP contribution in [-0.2, 0) is 4.74 Å². The Hall–Kier alpha value is -1.55. The van der Waals surface area contributed by atoms with Gasteiger partial charge in [-0.05, 0) is 38.0 Å². The highest BCUT2D eigenvalue weighted by Gasteiger charge is 2.06. The summed E-state index contributed by atoms with van der Waals surface area (Å²) < 4.78 is 5.05. The Morgan fingerprint density at radius 1 is 1.42 bits per heavy atom. The first kappa shape index (κ1) is 15.5. The van der Waals surface area contributed by atoms with Gasteiger partial charge in [0.25, 0.3) is 5.91 Å². The second-order valence-corrected chi connectivity index (χ2v) is 4.66. The molecule has 0 fully saturated rings. The normalized spacial score (nSPS) is 11.9. The maximum atomic E-state index is 11.9. The van der Waals surface area contributed by atoms with Crippen molar-refractivity contribution >= 4 is 11.6 Å². The summed E-state index contributed by atoms with van der Waals surface area (Å²) in [4.78, 5) is 11.9. The van der Waals surface area contributed by atoms with E-state index in [1.807, 2.05) is 31.2 Å². The van der Waals surface area contributed by atoms with E-state index in [4.69, 9.17) is 4.74 Å². The van der Waals surface area contributed by atoms with Crippen LogP contribution in [0.1, 0.15) is 37.0 Å². The highest BCUT2D eigenvalue weighted by atomic mass is 16.5. The molecule has 1 aromatic rings. The van der Waals surface area contributed by atoms with Gasteiger partial charge in [-0.2, -0.15) is 0 Å². The summed E-state index contributed by atoms with van der Waals surface area (Å²) >= 11 is 0. The van der Waals surface area contributed by atoms with Crippen LogP contribution in [0, 0.1) is 0 Å². The molecule has 106 valence electrons. The fourth-order valence-corrected chi connectivity index (χ4v) is 1.74. The zero-order chi connectivity index (χ0) is 14.1. The summed E-state index contributed by atoms with van der Waals surface area (Å²) in [6, 6.07) is 7.89. The predicted molar refractivity (Wildman–Crippen MR) is 78.6 cm³/mol. The van der Waals surface area contributed by atoms with Crippen molar-refractivity contribution in [2.45, 2.75) is 32.7 Å². The maximum absolute atomic E-state index is 11.9. The SMILES string of the molecule is CCCNC(=O)c1cccc(NC(C)CCOC)c1. The third-order valence-electron chi connectivity index (χ3n) is 2.83. The molecule has 0 spiro atoms. The number of hydrogen-bond donors (Lipinski definition) is 2. The standard InChI is InChI=1S/C15H24N2O2/c1-4-9-16-15(18)13-6-5-7-14(11-13)17-12(2)8-10-19-3/h5-7,11-12,17H,4,8-10H2,1-3H3,(H,16,18). The monoisotopic (exact) mass is 264 g/mol. The van der Waals surface area contributed by atoms with Crippen molar-refractivity contribution in [3.8, 4) is 0 Å². The molecule has 1 rings (SSSR count). The number of benzene rings is 1. The summed E-state index contributed by atoms with van der Waals surface area (Å²) in [6.45, 7) is 5.57. The van der Waals surface area contributed by atoms with Crippen molar-refractivity contribution in [1.29, 1.82) is 0 Å². The van der Waals surface area contributed by atoms with E-state index < -0.39 is 0 Å². The zero-order valence-corrected chi connectivity index (χ0v) is 12.0. The van der Waals surface area contributed by atoms with Crippen LogP contribution in [0.4, 0.5) is 5.69 Å². The van der Waals surface area contributed by atoms with Gasteiger partial charge in [0, 0.05) is 37.6 Å². The fourth-order valence-electron chi connectivity index (χ4n) is 1.74. The molecule has 1 amide bonds. The van der Waals surface area contributed by atoms with Gasteiger partial charge in [0.05, 0.1) is 0 Å². The second-order valence-electron chi connectivity index (χ2n) is 4.66. The molecule has 0 saturated carbocycles. The number of ether oxygens (including phenoxy) is 1. The minimum absolute atomic E-state index is 0.0185. The lowest BCUT2D eigenvalue weighted by atomic mass is 10.1. The van der Waals surface area contributed by atoms with Crippen LogP contribution in [0.15, 0.2) is 24.3 Å². The number of carbonyl (C=O) groups is 1. The molecule has 0 heterocycles. The molecule has 4 heteroatoms. The van der Waals surface area contributed by atoms with Crippen LogP contribution in [0.3, 0.4) is 0 Å². The first-order valence-corrected chi connectivity index (χ1v) is 6.81. The second kappa shape index (κ2) is 8.53. The molecule has 0 aliphatic heterocycles. The van der Waals surface area contributed by atoms with Crippen LogP contribution < -0.4 is 10.6 Å². The van der Waals surface area contributed by atoms with E-state index in [-0.39, 0.29) is 5.91 Å². The van der Waals surface area contributed by atoms with Crippen molar-refractivity contribution < 1.29 is 9.53 Å². The van der Waals surface area contributed by atoms with Gasteiger partial charge >= 0.3 is 0 Å². The van der Waals surface area contributed by atoms with Gasteiger partial charge in [0.1, 0.15) is 0 Å². The molecule has 0 aliphatic carbocycles. The molecule has 0 aliphatic rings. The lowest BCUT2D eigenvalue weighted by molar-refractivity contribution is 0.0953. The Bertz CT molecular complexity index is 393. The number of hydrogen-bond acceptors (Lipinski definition) is 3. The van der Waals surface area contributed by atoms with Crippen molar-refractivity contribution in [1.82, 2.24) is 5.32 Å². The van der Waals surface area contributed by atoms with E-state index in [0.717, 1.165) is 25.1 Å². The quantitative estimate of drug-likeness (QED) is 0.759. The number of nitrogens with one attached hydrogen (secondary N) is 2. The number of rotatable bonds is 8. The molecule has 19 heavy (non-hydrogen) atoms. The lowest BCUT2D eigenvalue weighted by Gasteiger charge is -2.15. The first-order chi connectivity index (χ1) is 9.17. The summed E-state index contributed by atoms with van der Waals surface area (Å²) in [5.41, 5.74) is 1.66. The molecule has 0 saturated heterocycles. The van der Waals surface area contributed by atoms with E-state index >= 15 is 0 Å². The summed E-state index contributed by atoms with van der Waals surface area (Å²) in [7, 11) is 1.70. The van der Waals surface area contributed by atoms with Crippen LogP contribution in [0.25, 0.3) is 0 Å². The van der Waals surface area contributed by atoms with Gasteiger partial charge < -0.3 is 15.4 Å². The van der Waals surface area contributed by atoms with Crippen molar-refractivity contribution in [2.24, 2.45) is 0 Å². The van der Waals surface area contributed by atoms with E-state index in [1.54, 1.807) is 7.11 Å². The van der Waals surface area contributed by atoms with Gasteiger partial charge in [-0.3, -0.25) is 4.79 Å². The summed E-state index contributed by atoms with van der Waals surface area (Å²) in [5, 5.41) is 6.24.